The summed E-state index contributed by atoms with van der Waals surface area (Å²) in [6.07, 6.45) is 99.0. The zero-order valence-electron chi connectivity index (χ0n) is 59.3. The number of phosphoric acid groups is 1. The highest BCUT2D eigenvalue weighted by molar-refractivity contribution is 7.45. The predicted octanol–water partition coefficient (Wildman–Crippen LogP) is 24.2. The minimum Gasteiger partial charge on any atom is -0.756 e. The summed E-state index contributed by atoms with van der Waals surface area (Å²) in [6, 6.07) is 0. The van der Waals surface area contributed by atoms with Crippen LogP contribution in [0.25, 0.3) is 0 Å². The largest absolute Gasteiger partial charge is 0.756 e. The molecule has 10 heteroatoms. The summed E-state index contributed by atoms with van der Waals surface area (Å²) in [4.78, 5) is 38.1. The number of unbranched alkanes of at least 4 members (excludes halogenated alkanes) is 37. The molecule has 0 N–H and O–H groups in total. The van der Waals surface area contributed by atoms with Crippen molar-refractivity contribution in [3.8, 4) is 0 Å². The molecule has 0 rings (SSSR count). The highest BCUT2D eigenvalue weighted by Gasteiger charge is 2.22. The Morgan fingerprint density at radius 2 is 0.633 bits per heavy atom. The van der Waals surface area contributed by atoms with E-state index in [2.05, 4.69) is 123 Å². The summed E-state index contributed by atoms with van der Waals surface area (Å²) < 4.78 is 34.4. The monoisotopic (exact) mass is 1280 g/mol. The van der Waals surface area contributed by atoms with E-state index >= 15 is 0 Å². The predicted molar refractivity (Wildman–Crippen MR) is 388 cm³/mol. The SMILES string of the molecule is CC/C=C\C/C=C\C/C=C\C/C=C\C/C=C\C/C=C\CCCCCCCCCCCCCCCCCCCCCCC(=O)OC(COC(=O)CCCCCCCCCCCCCC/C=C\C/C=C\C/C=C\CCCCCCC)COP(=O)([O-])OCC[N+](C)(C)C. The molecule has 0 heterocycles. The number of esters is 2. The lowest BCUT2D eigenvalue weighted by Crippen LogP contribution is -2.37. The Morgan fingerprint density at radius 1 is 0.356 bits per heavy atom. The van der Waals surface area contributed by atoms with E-state index in [-0.39, 0.29) is 32.0 Å². The second kappa shape index (κ2) is 70.0. The molecule has 0 spiro atoms. The summed E-state index contributed by atoms with van der Waals surface area (Å²) in [7, 11) is 1.17. The first-order valence-corrected chi connectivity index (χ1v) is 39.1. The van der Waals surface area contributed by atoms with Gasteiger partial charge in [-0.2, -0.15) is 0 Å². The van der Waals surface area contributed by atoms with Crippen molar-refractivity contribution < 1.29 is 42.1 Å². The van der Waals surface area contributed by atoms with Crippen LogP contribution in [0.5, 0.6) is 0 Å². The van der Waals surface area contributed by atoms with Crippen molar-refractivity contribution in [3.63, 3.8) is 0 Å². The molecule has 90 heavy (non-hydrogen) atoms. The number of phosphoric ester groups is 1. The highest BCUT2D eigenvalue weighted by Crippen LogP contribution is 2.38. The topological polar surface area (TPSA) is 111 Å². The van der Waals surface area contributed by atoms with Gasteiger partial charge in [-0.25, -0.2) is 0 Å². The fourth-order valence-electron chi connectivity index (χ4n) is 10.6. The maximum absolute atomic E-state index is 12.9. The van der Waals surface area contributed by atoms with E-state index in [0.29, 0.717) is 17.4 Å². The Balaban J connectivity index is 3.98. The lowest BCUT2D eigenvalue weighted by Gasteiger charge is -2.28. The Hall–Kier alpha value is -3.33. The molecule has 0 radical (unpaired) electrons. The first kappa shape index (κ1) is 86.7. The molecule has 0 aliphatic heterocycles. The van der Waals surface area contributed by atoms with Crippen LogP contribution >= 0.6 is 7.82 Å². The maximum atomic E-state index is 12.9. The fraction of sp³-hybridized carbons (Fsp3) is 0.750. The van der Waals surface area contributed by atoms with Crippen LogP contribution in [0.15, 0.2) is 109 Å². The molecular formula is C80H142NO8P. The molecule has 0 aromatic carbocycles. The van der Waals surface area contributed by atoms with Gasteiger partial charge in [0.1, 0.15) is 19.8 Å². The molecule has 0 saturated heterocycles. The number of hydrogen-bond acceptors (Lipinski definition) is 8. The second-order valence-electron chi connectivity index (χ2n) is 26.3. The molecule has 0 amide bonds. The van der Waals surface area contributed by atoms with Crippen LogP contribution in [0.4, 0.5) is 0 Å². The molecule has 2 unspecified atom stereocenters. The highest BCUT2D eigenvalue weighted by atomic mass is 31.2. The summed E-state index contributed by atoms with van der Waals surface area (Å²) >= 11 is 0. The van der Waals surface area contributed by atoms with Gasteiger partial charge < -0.3 is 27.9 Å². The number of rotatable bonds is 69. The van der Waals surface area contributed by atoms with Crippen LogP contribution in [-0.4, -0.2) is 70.0 Å². The van der Waals surface area contributed by atoms with E-state index in [9.17, 15) is 19.0 Å². The first-order valence-electron chi connectivity index (χ1n) is 37.6. The maximum Gasteiger partial charge on any atom is 0.306 e. The Labute approximate surface area is 556 Å². The Morgan fingerprint density at radius 3 is 0.944 bits per heavy atom. The average Bonchev–Trinajstić information content (AvgIpc) is 3.58. The molecule has 0 aliphatic rings. The van der Waals surface area contributed by atoms with E-state index in [0.717, 1.165) is 89.9 Å². The zero-order valence-corrected chi connectivity index (χ0v) is 60.2. The second-order valence-corrected chi connectivity index (χ2v) is 27.7. The third-order valence-corrected chi connectivity index (χ3v) is 17.2. The standard InChI is InChI=1S/C80H142NO8P/c1-6-8-10-12-14-16-18-20-22-24-26-28-30-32-34-35-36-37-38-39-40-41-42-43-44-45-47-49-51-53-55-57-59-61-63-65-67-69-71-73-80(83)89-78(77-88-90(84,85)87-75-74-81(3,4)5)76-86-79(82)72-70-68-66-64-62-60-58-56-54-52-50-48-46-33-31-29-27-25-23-21-19-17-15-13-11-9-7-2/h8,10,14,16,19-22,25-28,31-34,36-37,78H,6-7,9,11-13,15,17-18,23-24,29-30,35,38-77H2,1-5H3/b10-8-,16-14-,21-19-,22-20-,27-25-,28-26-,33-31-,34-32-,37-36-. The number of ether oxygens (including phenoxy) is 2. The fourth-order valence-corrected chi connectivity index (χ4v) is 11.3. The van der Waals surface area contributed by atoms with E-state index in [1.807, 2.05) is 21.1 Å². The summed E-state index contributed by atoms with van der Waals surface area (Å²) in [6.45, 7) is 4.15. The zero-order chi connectivity index (χ0) is 65.5. The lowest BCUT2D eigenvalue weighted by atomic mass is 10.0. The number of allylic oxidation sites excluding steroid dienone is 18. The van der Waals surface area contributed by atoms with Gasteiger partial charge in [0.05, 0.1) is 27.7 Å². The van der Waals surface area contributed by atoms with Crippen LogP contribution in [0, 0.1) is 0 Å². The van der Waals surface area contributed by atoms with Crippen LogP contribution in [-0.2, 0) is 32.7 Å². The van der Waals surface area contributed by atoms with Gasteiger partial charge in [0.25, 0.3) is 7.82 Å². The molecular weight excluding hydrogens is 1130 g/mol. The molecule has 0 aromatic heterocycles. The quantitative estimate of drug-likeness (QED) is 0.0195. The average molecular weight is 1280 g/mol. The number of carbonyl (C=O) groups excluding carboxylic acids is 2. The number of carbonyl (C=O) groups is 2. The number of hydrogen-bond donors (Lipinski definition) is 0. The Bertz CT molecular complexity index is 1890. The Kier molecular flexibility index (Phi) is 67.4. The minimum atomic E-state index is -4.65. The molecule has 0 aliphatic carbocycles. The van der Waals surface area contributed by atoms with Crippen molar-refractivity contribution >= 4 is 19.8 Å². The van der Waals surface area contributed by atoms with Gasteiger partial charge in [-0.3, -0.25) is 14.2 Å². The third-order valence-electron chi connectivity index (χ3n) is 16.3. The normalized spacial score (nSPS) is 13.7. The summed E-state index contributed by atoms with van der Waals surface area (Å²) in [5.41, 5.74) is 0. The van der Waals surface area contributed by atoms with E-state index < -0.39 is 26.5 Å². The molecule has 0 aromatic rings. The molecule has 0 bridgehead atoms. The van der Waals surface area contributed by atoms with Crippen molar-refractivity contribution in [3.05, 3.63) is 109 Å². The molecule has 520 valence electrons. The summed E-state index contributed by atoms with van der Waals surface area (Å²) in [5, 5.41) is 0. The van der Waals surface area contributed by atoms with Gasteiger partial charge >= 0.3 is 11.9 Å². The molecule has 2 atom stereocenters. The van der Waals surface area contributed by atoms with Gasteiger partial charge in [-0.1, -0.05) is 329 Å². The van der Waals surface area contributed by atoms with E-state index in [4.69, 9.17) is 18.5 Å². The summed E-state index contributed by atoms with van der Waals surface area (Å²) in [5.74, 6) is -0.825. The van der Waals surface area contributed by atoms with Crippen LogP contribution in [0.3, 0.4) is 0 Å². The van der Waals surface area contributed by atoms with Crippen LogP contribution < -0.4 is 4.89 Å². The van der Waals surface area contributed by atoms with Crippen molar-refractivity contribution in [1.29, 1.82) is 0 Å². The van der Waals surface area contributed by atoms with Crippen molar-refractivity contribution in [2.24, 2.45) is 0 Å². The molecule has 0 fully saturated rings. The van der Waals surface area contributed by atoms with Gasteiger partial charge in [0, 0.05) is 12.8 Å². The lowest BCUT2D eigenvalue weighted by molar-refractivity contribution is -0.870. The molecule has 9 nitrogen and oxygen atoms in total. The van der Waals surface area contributed by atoms with Crippen LogP contribution in [0.2, 0.25) is 0 Å². The van der Waals surface area contributed by atoms with Gasteiger partial charge in [0.2, 0.25) is 0 Å². The van der Waals surface area contributed by atoms with Gasteiger partial charge in [-0.15, -0.1) is 0 Å². The van der Waals surface area contributed by atoms with Crippen LogP contribution in [0.1, 0.15) is 335 Å². The minimum absolute atomic E-state index is 0.0329. The van der Waals surface area contributed by atoms with Crippen molar-refractivity contribution in [2.45, 2.75) is 341 Å². The third kappa shape index (κ3) is 73.7. The first-order chi connectivity index (χ1) is 44.0. The molecule has 0 saturated carbocycles. The van der Waals surface area contributed by atoms with E-state index in [1.54, 1.807) is 0 Å². The number of quaternary nitrogens is 1. The van der Waals surface area contributed by atoms with Gasteiger partial charge in [0.15, 0.2) is 6.10 Å². The van der Waals surface area contributed by atoms with Crippen molar-refractivity contribution in [1.82, 2.24) is 0 Å². The van der Waals surface area contributed by atoms with E-state index in [1.165, 1.54) is 212 Å². The number of nitrogens with zero attached hydrogens (tertiary/aromatic N) is 1. The number of likely N-dealkylation sites (N-methyl/N-ethyl adjacent to an activating group) is 1. The smallest absolute Gasteiger partial charge is 0.306 e. The van der Waals surface area contributed by atoms with Gasteiger partial charge in [-0.05, 0) is 103 Å². The van der Waals surface area contributed by atoms with Crippen molar-refractivity contribution in [2.75, 3.05) is 47.5 Å².